The predicted molar refractivity (Wildman–Crippen MR) is 66.9 cm³/mol. The van der Waals surface area contributed by atoms with E-state index in [0.29, 0.717) is 5.88 Å². The first kappa shape index (κ1) is 10.8. The van der Waals surface area contributed by atoms with Crippen molar-refractivity contribution in [2.75, 3.05) is 5.73 Å². The zero-order valence-electron chi connectivity index (χ0n) is 8.69. The second-order valence-corrected chi connectivity index (χ2v) is 3.72. The summed E-state index contributed by atoms with van der Waals surface area (Å²) in [5, 5.41) is 0. The monoisotopic (exact) mass is 233 g/mol. The average Bonchev–Trinajstić information content (AvgIpc) is 2.33. The fraction of sp³-hybridized carbons (Fsp3) is 0.0769. The van der Waals surface area contributed by atoms with Gasteiger partial charge >= 0.3 is 0 Å². The highest BCUT2D eigenvalue weighted by Gasteiger charge is 1.97. The van der Waals surface area contributed by atoms with Crippen LogP contribution >= 0.6 is 11.6 Å². The van der Waals surface area contributed by atoms with Crippen molar-refractivity contribution >= 4 is 17.3 Å². The quantitative estimate of drug-likeness (QED) is 0.647. The molecule has 2 nitrogen and oxygen atoms in total. The van der Waals surface area contributed by atoms with Crippen LogP contribution in [0, 0.1) is 0 Å². The molecule has 0 aliphatic carbocycles. The normalized spacial score (nSPS) is 10.1. The molecule has 0 aliphatic rings. The molecule has 0 bridgehead atoms. The molecule has 0 saturated heterocycles. The molecular weight excluding hydrogens is 222 g/mol. The van der Waals surface area contributed by atoms with Crippen molar-refractivity contribution in [1.29, 1.82) is 0 Å². The molecule has 0 amide bonds. The largest absolute Gasteiger partial charge is 0.457 e. The number of benzene rings is 2. The topological polar surface area (TPSA) is 35.2 Å². The third-order valence-corrected chi connectivity index (χ3v) is 2.50. The standard InChI is InChI=1S/C13H12ClNO/c14-9-10-1-5-12(6-2-10)16-13-7-3-11(15)4-8-13/h1-8H,9,15H2. The van der Waals surface area contributed by atoms with Crippen LogP contribution in [0.1, 0.15) is 5.56 Å². The maximum atomic E-state index is 5.70. The van der Waals surface area contributed by atoms with Gasteiger partial charge in [0, 0.05) is 11.6 Å². The predicted octanol–water partition coefficient (Wildman–Crippen LogP) is 3.80. The van der Waals surface area contributed by atoms with Crippen LogP contribution in [0.5, 0.6) is 11.5 Å². The summed E-state index contributed by atoms with van der Waals surface area (Å²) in [6.07, 6.45) is 0. The van der Waals surface area contributed by atoms with Crippen LogP contribution in [0.4, 0.5) is 5.69 Å². The Labute approximate surface area is 99.6 Å². The van der Waals surface area contributed by atoms with Crippen molar-refractivity contribution in [3.05, 3.63) is 54.1 Å². The zero-order valence-corrected chi connectivity index (χ0v) is 9.45. The van der Waals surface area contributed by atoms with Crippen molar-refractivity contribution < 1.29 is 4.74 Å². The molecule has 0 aromatic heterocycles. The van der Waals surface area contributed by atoms with Crippen LogP contribution in [0.15, 0.2) is 48.5 Å². The first-order chi connectivity index (χ1) is 7.78. The first-order valence-electron chi connectivity index (χ1n) is 4.96. The minimum absolute atomic E-state index is 0.516. The van der Waals surface area contributed by atoms with E-state index in [1.165, 1.54) is 0 Å². The zero-order chi connectivity index (χ0) is 11.4. The van der Waals surface area contributed by atoms with Gasteiger partial charge in [0.1, 0.15) is 11.5 Å². The van der Waals surface area contributed by atoms with Crippen LogP contribution < -0.4 is 10.5 Å². The number of rotatable bonds is 3. The van der Waals surface area contributed by atoms with E-state index in [-0.39, 0.29) is 0 Å². The molecule has 16 heavy (non-hydrogen) atoms. The Morgan fingerprint density at radius 1 is 0.875 bits per heavy atom. The van der Waals surface area contributed by atoms with Gasteiger partial charge in [0.25, 0.3) is 0 Å². The van der Waals surface area contributed by atoms with Crippen LogP contribution in [0.25, 0.3) is 0 Å². The number of alkyl halides is 1. The molecule has 0 fully saturated rings. The minimum Gasteiger partial charge on any atom is -0.457 e. The number of hydrogen-bond acceptors (Lipinski definition) is 2. The summed E-state index contributed by atoms with van der Waals surface area (Å²) in [6.45, 7) is 0. The number of hydrogen-bond donors (Lipinski definition) is 1. The molecule has 0 radical (unpaired) electrons. The minimum atomic E-state index is 0.516. The fourth-order valence-corrected chi connectivity index (χ4v) is 1.50. The lowest BCUT2D eigenvalue weighted by atomic mass is 10.2. The van der Waals surface area contributed by atoms with Crippen molar-refractivity contribution in [3.8, 4) is 11.5 Å². The molecule has 0 unspecified atom stereocenters. The van der Waals surface area contributed by atoms with Gasteiger partial charge in [-0.05, 0) is 42.0 Å². The summed E-state index contributed by atoms with van der Waals surface area (Å²) >= 11 is 5.70. The molecule has 82 valence electrons. The van der Waals surface area contributed by atoms with Crippen molar-refractivity contribution in [2.45, 2.75) is 5.88 Å². The molecular formula is C13H12ClNO. The average molecular weight is 234 g/mol. The van der Waals surface area contributed by atoms with E-state index in [0.717, 1.165) is 22.7 Å². The summed E-state index contributed by atoms with van der Waals surface area (Å²) in [4.78, 5) is 0. The Kier molecular flexibility index (Phi) is 3.32. The highest BCUT2D eigenvalue weighted by atomic mass is 35.5. The lowest BCUT2D eigenvalue weighted by Gasteiger charge is -2.06. The maximum Gasteiger partial charge on any atom is 0.127 e. The van der Waals surface area contributed by atoms with Crippen LogP contribution in [-0.2, 0) is 5.88 Å². The Hall–Kier alpha value is -1.67. The lowest BCUT2D eigenvalue weighted by Crippen LogP contribution is -1.87. The summed E-state index contributed by atoms with van der Waals surface area (Å²) in [7, 11) is 0. The Bertz CT molecular complexity index is 450. The number of anilines is 1. The van der Waals surface area contributed by atoms with Gasteiger partial charge in [-0.15, -0.1) is 11.6 Å². The molecule has 0 saturated carbocycles. The number of nitrogen functional groups attached to an aromatic ring is 1. The number of ether oxygens (including phenoxy) is 1. The summed E-state index contributed by atoms with van der Waals surface area (Å²) in [6, 6.07) is 15.0. The molecule has 2 aromatic carbocycles. The van der Waals surface area contributed by atoms with Gasteiger partial charge in [-0.25, -0.2) is 0 Å². The smallest absolute Gasteiger partial charge is 0.127 e. The maximum absolute atomic E-state index is 5.70. The Morgan fingerprint density at radius 3 is 1.88 bits per heavy atom. The van der Waals surface area contributed by atoms with Gasteiger partial charge in [0.2, 0.25) is 0 Å². The number of nitrogens with two attached hydrogens (primary N) is 1. The Balaban J connectivity index is 2.11. The SMILES string of the molecule is Nc1ccc(Oc2ccc(CCl)cc2)cc1. The second-order valence-electron chi connectivity index (χ2n) is 3.45. The first-order valence-corrected chi connectivity index (χ1v) is 5.49. The van der Waals surface area contributed by atoms with E-state index < -0.39 is 0 Å². The molecule has 0 atom stereocenters. The molecule has 2 rings (SSSR count). The van der Waals surface area contributed by atoms with Crippen molar-refractivity contribution in [3.63, 3.8) is 0 Å². The molecule has 0 aliphatic heterocycles. The van der Waals surface area contributed by atoms with E-state index in [1.54, 1.807) is 0 Å². The van der Waals surface area contributed by atoms with Crippen LogP contribution in [-0.4, -0.2) is 0 Å². The van der Waals surface area contributed by atoms with Gasteiger partial charge in [-0.2, -0.15) is 0 Å². The molecule has 2 aromatic rings. The third kappa shape index (κ3) is 2.67. The van der Waals surface area contributed by atoms with Crippen LogP contribution in [0.2, 0.25) is 0 Å². The van der Waals surface area contributed by atoms with Gasteiger partial charge in [0.15, 0.2) is 0 Å². The Morgan fingerprint density at radius 2 is 1.38 bits per heavy atom. The lowest BCUT2D eigenvalue weighted by molar-refractivity contribution is 0.482. The van der Waals surface area contributed by atoms with E-state index >= 15 is 0 Å². The summed E-state index contributed by atoms with van der Waals surface area (Å²) in [5.74, 6) is 2.08. The van der Waals surface area contributed by atoms with Crippen molar-refractivity contribution in [1.82, 2.24) is 0 Å². The highest BCUT2D eigenvalue weighted by Crippen LogP contribution is 2.22. The number of halogens is 1. The second kappa shape index (κ2) is 4.90. The van der Waals surface area contributed by atoms with Crippen molar-refractivity contribution in [2.24, 2.45) is 0 Å². The molecule has 3 heteroatoms. The molecule has 0 spiro atoms. The molecule has 0 heterocycles. The third-order valence-electron chi connectivity index (χ3n) is 2.19. The van der Waals surface area contributed by atoms with E-state index in [1.807, 2.05) is 48.5 Å². The van der Waals surface area contributed by atoms with E-state index in [4.69, 9.17) is 22.1 Å². The fourth-order valence-electron chi connectivity index (χ4n) is 1.32. The van der Waals surface area contributed by atoms with E-state index in [2.05, 4.69) is 0 Å². The van der Waals surface area contributed by atoms with E-state index in [9.17, 15) is 0 Å². The van der Waals surface area contributed by atoms with Gasteiger partial charge in [-0.1, -0.05) is 12.1 Å². The van der Waals surface area contributed by atoms with Gasteiger partial charge in [0.05, 0.1) is 0 Å². The van der Waals surface area contributed by atoms with Gasteiger partial charge < -0.3 is 10.5 Å². The highest BCUT2D eigenvalue weighted by molar-refractivity contribution is 6.17. The summed E-state index contributed by atoms with van der Waals surface area (Å²) < 4.78 is 5.63. The summed E-state index contributed by atoms with van der Waals surface area (Å²) in [5.41, 5.74) is 7.39. The van der Waals surface area contributed by atoms with Gasteiger partial charge in [-0.3, -0.25) is 0 Å². The molecule has 2 N–H and O–H groups in total. The van der Waals surface area contributed by atoms with Crippen LogP contribution in [0.3, 0.4) is 0 Å².